The van der Waals surface area contributed by atoms with Gasteiger partial charge in [-0.2, -0.15) is 0 Å². The van der Waals surface area contributed by atoms with E-state index in [-0.39, 0.29) is 5.41 Å². The van der Waals surface area contributed by atoms with Crippen LogP contribution in [0.25, 0.3) is 129 Å². The first-order chi connectivity index (χ1) is 33.0. The summed E-state index contributed by atoms with van der Waals surface area (Å²) < 4.78 is 10.2. The number of nitrogens with zero attached hydrogens (tertiary/aromatic N) is 2. The van der Waals surface area contributed by atoms with Crippen molar-refractivity contribution in [3.63, 3.8) is 0 Å². The normalized spacial score (nSPS) is 13.3. The van der Waals surface area contributed by atoms with Gasteiger partial charge in [0.1, 0.15) is 0 Å². The van der Waals surface area contributed by atoms with E-state index in [2.05, 4.69) is 229 Å². The molecule has 4 aromatic heterocycles. The number of para-hydroxylation sites is 2. The smallest absolute Gasteiger partial charge is 0.0555 e. The highest BCUT2D eigenvalue weighted by Gasteiger charge is 2.36. The number of aromatic nitrogens is 2. The second-order valence-electron chi connectivity index (χ2n) is 18.8. The summed E-state index contributed by atoms with van der Waals surface area (Å²) in [7, 11) is 0. The first kappa shape index (κ1) is 37.5. The Labute approximate surface area is 394 Å². The highest BCUT2D eigenvalue weighted by atomic mass is 32.1. The van der Waals surface area contributed by atoms with E-state index < -0.39 is 0 Å². The molecule has 0 spiro atoms. The Kier molecular flexibility index (Phi) is 7.63. The van der Waals surface area contributed by atoms with Gasteiger partial charge in [-0.1, -0.05) is 123 Å². The molecule has 4 heteroatoms. The summed E-state index contributed by atoms with van der Waals surface area (Å²) in [6, 6.07) is 77.5. The molecule has 15 rings (SSSR count). The van der Waals surface area contributed by atoms with Crippen LogP contribution in [-0.2, 0) is 5.41 Å². The van der Waals surface area contributed by atoms with Crippen molar-refractivity contribution in [2.75, 3.05) is 0 Å². The highest BCUT2D eigenvalue weighted by Crippen LogP contribution is 2.52. The van der Waals surface area contributed by atoms with Crippen LogP contribution in [0.5, 0.6) is 0 Å². The summed E-state index contributed by atoms with van der Waals surface area (Å²) in [4.78, 5) is 0. The fourth-order valence-corrected chi connectivity index (χ4v) is 14.0. The topological polar surface area (TPSA) is 9.86 Å². The lowest BCUT2D eigenvalue weighted by Crippen LogP contribution is -2.14. The Morgan fingerprint density at radius 1 is 0.313 bits per heavy atom. The lowest BCUT2D eigenvalue weighted by Gasteiger charge is -2.21. The number of rotatable bonds is 4. The van der Waals surface area contributed by atoms with Gasteiger partial charge in [-0.05, 0) is 142 Å². The van der Waals surface area contributed by atoms with Gasteiger partial charge in [0.15, 0.2) is 0 Å². The van der Waals surface area contributed by atoms with Gasteiger partial charge in [0.05, 0.1) is 22.1 Å². The Balaban J connectivity index is 0.922. The van der Waals surface area contributed by atoms with E-state index in [4.69, 9.17) is 0 Å². The zero-order chi connectivity index (χ0) is 44.1. The third-order valence-electron chi connectivity index (χ3n) is 14.9. The molecule has 0 radical (unpaired) electrons. The van der Waals surface area contributed by atoms with Crippen LogP contribution < -0.4 is 0 Å². The van der Waals surface area contributed by atoms with Crippen LogP contribution in [0, 0.1) is 0 Å². The third-order valence-corrected chi connectivity index (χ3v) is 17.2. The SMILES string of the molecule is CC1(C)c2ccccc2-c2cc3c(cc21)c1cc(-c2ccc4sc5cccc(-c6ccc7c(c6)c6cc8c(cc6n7-c6ccccc6)sc6ccccc68)c5c4c2)ccc1n3-c1ccccc1. The van der Waals surface area contributed by atoms with Gasteiger partial charge in [0.25, 0.3) is 0 Å². The second-order valence-corrected chi connectivity index (χ2v) is 21.0. The van der Waals surface area contributed by atoms with E-state index in [9.17, 15) is 0 Å². The van der Waals surface area contributed by atoms with Gasteiger partial charge in [-0.3, -0.25) is 0 Å². The van der Waals surface area contributed by atoms with Crippen molar-refractivity contribution in [2.45, 2.75) is 19.3 Å². The summed E-state index contributed by atoms with van der Waals surface area (Å²) in [5, 5.41) is 10.4. The van der Waals surface area contributed by atoms with Crippen LogP contribution in [0.4, 0.5) is 0 Å². The average molecular weight is 889 g/mol. The van der Waals surface area contributed by atoms with Crippen molar-refractivity contribution >= 4 is 107 Å². The molecule has 0 unspecified atom stereocenters. The van der Waals surface area contributed by atoms with Crippen LogP contribution in [-0.4, -0.2) is 9.13 Å². The molecule has 10 aromatic carbocycles. The van der Waals surface area contributed by atoms with Crippen molar-refractivity contribution in [3.8, 4) is 44.8 Å². The zero-order valence-electron chi connectivity index (χ0n) is 36.8. The minimum atomic E-state index is -0.0868. The number of benzene rings is 10. The number of hydrogen-bond acceptors (Lipinski definition) is 2. The molecular weight excluding hydrogens is 849 g/mol. The molecule has 2 nitrogen and oxygen atoms in total. The van der Waals surface area contributed by atoms with Crippen molar-refractivity contribution in [3.05, 3.63) is 217 Å². The largest absolute Gasteiger partial charge is 0.309 e. The molecule has 4 heterocycles. The molecular formula is C63H40N2S2. The molecule has 0 saturated carbocycles. The minimum Gasteiger partial charge on any atom is -0.309 e. The summed E-state index contributed by atoms with van der Waals surface area (Å²) >= 11 is 3.77. The summed E-state index contributed by atoms with van der Waals surface area (Å²) in [5.41, 5.74) is 17.6. The number of thiophene rings is 2. The van der Waals surface area contributed by atoms with Crippen LogP contribution >= 0.6 is 22.7 Å². The summed E-state index contributed by atoms with van der Waals surface area (Å²) in [6.07, 6.45) is 0. The zero-order valence-corrected chi connectivity index (χ0v) is 38.5. The predicted molar refractivity (Wildman–Crippen MR) is 289 cm³/mol. The third kappa shape index (κ3) is 5.25. The average Bonchev–Trinajstić information content (AvgIpc) is 4.16. The molecule has 0 aliphatic heterocycles. The molecule has 0 saturated heterocycles. The monoisotopic (exact) mass is 888 g/mol. The summed E-state index contributed by atoms with van der Waals surface area (Å²) in [5.74, 6) is 0. The van der Waals surface area contributed by atoms with E-state index in [0.29, 0.717) is 0 Å². The number of fused-ring (bicyclic) bond motifs is 15. The molecule has 0 fully saturated rings. The van der Waals surface area contributed by atoms with Gasteiger partial charge < -0.3 is 9.13 Å². The molecule has 0 N–H and O–H groups in total. The second kappa shape index (κ2) is 13.6. The Hall–Kier alpha value is -7.76. The molecule has 1 aliphatic rings. The maximum Gasteiger partial charge on any atom is 0.0555 e. The maximum atomic E-state index is 2.50. The minimum absolute atomic E-state index is 0.0868. The van der Waals surface area contributed by atoms with Gasteiger partial charge in [0.2, 0.25) is 0 Å². The van der Waals surface area contributed by atoms with E-state index in [0.717, 1.165) is 0 Å². The van der Waals surface area contributed by atoms with E-state index in [1.165, 1.54) is 140 Å². The predicted octanol–water partition coefficient (Wildman–Crippen LogP) is 18.3. The van der Waals surface area contributed by atoms with Crippen molar-refractivity contribution in [2.24, 2.45) is 0 Å². The van der Waals surface area contributed by atoms with E-state index in [1.807, 2.05) is 22.7 Å². The lowest BCUT2D eigenvalue weighted by molar-refractivity contribution is 0.661. The van der Waals surface area contributed by atoms with Crippen molar-refractivity contribution in [1.29, 1.82) is 0 Å². The maximum absolute atomic E-state index is 2.50. The molecule has 314 valence electrons. The first-order valence-corrected chi connectivity index (χ1v) is 24.8. The van der Waals surface area contributed by atoms with E-state index >= 15 is 0 Å². The van der Waals surface area contributed by atoms with Gasteiger partial charge in [-0.15, -0.1) is 22.7 Å². The van der Waals surface area contributed by atoms with Crippen LogP contribution in [0.3, 0.4) is 0 Å². The number of hydrogen-bond donors (Lipinski definition) is 0. The fourth-order valence-electron chi connectivity index (χ4n) is 11.8. The Bertz CT molecular complexity index is 4410. The molecule has 0 bridgehead atoms. The van der Waals surface area contributed by atoms with Gasteiger partial charge in [0, 0.05) is 78.7 Å². The highest BCUT2D eigenvalue weighted by molar-refractivity contribution is 7.26. The van der Waals surface area contributed by atoms with Crippen molar-refractivity contribution in [1.82, 2.24) is 9.13 Å². The molecule has 14 aromatic rings. The van der Waals surface area contributed by atoms with Crippen molar-refractivity contribution < 1.29 is 0 Å². The molecule has 67 heavy (non-hydrogen) atoms. The first-order valence-electron chi connectivity index (χ1n) is 23.2. The van der Waals surface area contributed by atoms with E-state index in [1.54, 1.807) is 0 Å². The molecule has 0 atom stereocenters. The molecule has 0 amide bonds. The summed E-state index contributed by atoms with van der Waals surface area (Å²) in [6.45, 7) is 4.76. The quantitative estimate of drug-likeness (QED) is 0.167. The standard InChI is InChI=1S/C63H40N2S2/c1-63(2)52-21-11-9-18-43(52)45-35-56-49(34-53(45)63)46-30-37(24-27-54(46)64(56)40-14-5-3-6-15-40)38-26-29-59-51(31-38)62-42(20-13-23-60(62)66-59)39-25-28-55-47(32-39)48-33-50-44-19-10-12-22-58(44)67-61(50)36-57(48)65(55)41-16-7-4-8-17-41/h3-36H,1-2H3. The van der Waals surface area contributed by atoms with Crippen LogP contribution in [0.15, 0.2) is 206 Å². The fraction of sp³-hybridized carbons (Fsp3) is 0.0476. The van der Waals surface area contributed by atoms with Crippen LogP contribution in [0.2, 0.25) is 0 Å². The lowest BCUT2D eigenvalue weighted by atomic mass is 9.82. The van der Waals surface area contributed by atoms with Gasteiger partial charge >= 0.3 is 0 Å². The molecule has 1 aliphatic carbocycles. The van der Waals surface area contributed by atoms with Gasteiger partial charge in [-0.25, -0.2) is 0 Å². The van der Waals surface area contributed by atoms with Crippen LogP contribution in [0.1, 0.15) is 25.0 Å². The Morgan fingerprint density at radius 3 is 1.64 bits per heavy atom. The Morgan fingerprint density at radius 2 is 0.866 bits per heavy atom.